The number of rotatable bonds is 10. The van der Waals surface area contributed by atoms with E-state index in [2.05, 4.69) is 0 Å². The number of pyridine rings is 1. The Morgan fingerprint density at radius 1 is 1.24 bits per heavy atom. The second-order valence-corrected chi connectivity index (χ2v) is 6.75. The second kappa shape index (κ2) is 11.2. The maximum atomic E-state index is 13.8. The Hall–Kier alpha value is -3.72. The number of aromatic nitrogens is 1. The molecule has 2 aromatic rings. The minimum atomic E-state index is -4.61. The number of carbonyl (C=O) groups is 2. The zero-order valence-electron chi connectivity index (χ0n) is 17.4. The van der Waals surface area contributed by atoms with E-state index in [9.17, 15) is 37.2 Å². The lowest BCUT2D eigenvalue weighted by molar-refractivity contribution is -0.139. The van der Waals surface area contributed by atoms with E-state index in [0.717, 1.165) is 28.8 Å². The molecule has 0 saturated heterocycles. The molecule has 0 spiro atoms. The first-order chi connectivity index (χ1) is 15.6. The van der Waals surface area contributed by atoms with Crippen molar-refractivity contribution >= 4 is 11.7 Å². The van der Waals surface area contributed by atoms with Gasteiger partial charge in [0, 0.05) is 32.0 Å². The van der Waals surface area contributed by atoms with Gasteiger partial charge in [0.1, 0.15) is 29.7 Å². The number of benzene rings is 1. The smallest absolute Gasteiger partial charge is 0.405 e. The van der Waals surface area contributed by atoms with Crippen LogP contribution in [0.3, 0.4) is 0 Å². The molecule has 0 aliphatic carbocycles. The van der Waals surface area contributed by atoms with Crippen LogP contribution in [0.5, 0.6) is 5.75 Å². The number of aryl methyl sites for hydroxylation is 1. The number of nitriles is 1. The Morgan fingerprint density at radius 2 is 1.97 bits per heavy atom. The molecule has 12 heteroatoms. The second-order valence-electron chi connectivity index (χ2n) is 6.75. The summed E-state index contributed by atoms with van der Waals surface area (Å²) < 4.78 is 61.7. The van der Waals surface area contributed by atoms with E-state index < -0.39 is 42.4 Å². The highest BCUT2D eigenvalue weighted by Gasteiger charge is 2.28. The first-order valence-corrected chi connectivity index (χ1v) is 9.49. The van der Waals surface area contributed by atoms with Crippen molar-refractivity contribution in [1.29, 1.82) is 5.26 Å². The van der Waals surface area contributed by atoms with Crippen molar-refractivity contribution in [3.8, 4) is 11.8 Å². The summed E-state index contributed by atoms with van der Waals surface area (Å²) in [5.41, 5.74) is -1.41. The molecular formula is C21H19F4N3O5. The van der Waals surface area contributed by atoms with Crippen LogP contribution in [-0.2, 0) is 16.1 Å². The fraction of sp³-hybridized carbons (Fsp3) is 0.333. The van der Waals surface area contributed by atoms with Gasteiger partial charge in [-0.1, -0.05) is 0 Å². The minimum Gasteiger partial charge on any atom is -0.483 e. The van der Waals surface area contributed by atoms with Crippen molar-refractivity contribution < 1.29 is 36.6 Å². The van der Waals surface area contributed by atoms with Crippen LogP contribution >= 0.6 is 0 Å². The first kappa shape index (κ1) is 25.5. The molecule has 0 radical (unpaired) electrons. The predicted octanol–water partition coefficient (Wildman–Crippen LogP) is 2.18. The molecule has 0 bridgehead atoms. The molecule has 1 heterocycles. The number of nitrogens with zero attached hydrogens (tertiary/aromatic N) is 2. The number of ether oxygens (including phenoxy) is 2. The van der Waals surface area contributed by atoms with Gasteiger partial charge < -0.3 is 19.4 Å². The molecule has 2 rings (SSSR count). The van der Waals surface area contributed by atoms with Crippen molar-refractivity contribution in [2.45, 2.75) is 19.1 Å². The zero-order chi connectivity index (χ0) is 24.6. The number of alkyl halides is 3. The van der Waals surface area contributed by atoms with Crippen molar-refractivity contribution in [2.24, 2.45) is 0 Å². The summed E-state index contributed by atoms with van der Waals surface area (Å²) in [5, 5.41) is 10.8. The van der Waals surface area contributed by atoms with E-state index >= 15 is 0 Å². The number of hydrogen-bond donors (Lipinski definition) is 1. The number of hydrogen-bond acceptors (Lipinski definition) is 6. The first-order valence-electron chi connectivity index (χ1n) is 9.49. The lowest BCUT2D eigenvalue weighted by Crippen LogP contribution is -2.36. The van der Waals surface area contributed by atoms with Crippen LogP contribution in [-0.4, -0.2) is 49.3 Å². The Morgan fingerprint density at radius 3 is 2.61 bits per heavy atom. The van der Waals surface area contributed by atoms with Crippen LogP contribution in [0.4, 0.5) is 17.6 Å². The number of nitrogens with one attached hydrogen (secondary N) is 1. The third kappa shape index (κ3) is 7.43. The topological polar surface area (TPSA) is 110 Å². The van der Waals surface area contributed by atoms with Crippen LogP contribution < -0.4 is 15.6 Å². The van der Waals surface area contributed by atoms with E-state index in [1.54, 1.807) is 11.4 Å². The molecule has 0 aliphatic heterocycles. The van der Waals surface area contributed by atoms with Gasteiger partial charge in [0.15, 0.2) is 12.4 Å². The molecule has 1 aromatic carbocycles. The number of ketones is 1. The fourth-order valence-corrected chi connectivity index (χ4v) is 2.74. The average molecular weight is 469 g/mol. The van der Waals surface area contributed by atoms with E-state index in [0.29, 0.717) is 13.0 Å². The molecule has 0 saturated carbocycles. The minimum absolute atomic E-state index is 0.125. The highest BCUT2D eigenvalue weighted by molar-refractivity contribution is 6.10. The third-order valence-corrected chi connectivity index (χ3v) is 4.25. The molecule has 176 valence electrons. The maximum absolute atomic E-state index is 13.8. The summed E-state index contributed by atoms with van der Waals surface area (Å²) >= 11 is 0. The predicted molar refractivity (Wildman–Crippen MR) is 106 cm³/mol. The third-order valence-electron chi connectivity index (χ3n) is 4.25. The van der Waals surface area contributed by atoms with Crippen molar-refractivity contribution in [2.75, 3.05) is 26.9 Å². The largest absolute Gasteiger partial charge is 0.483 e. The Kier molecular flexibility index (Phi) is 8.70. The molecule has 1 aromatic heterocycles. The standard InChI is InChI=1S/C21H19F4N3O5/c1-32-6-2-5-28-10-14(7-13(9-26)20(28)31)19(30)16-8-15(22)3-4-17(16)33-11-18(29)27-12-21(23,24)25/h3-4,7-8,10H,2,5-6,11-12H2,1H3,(H,27,29). The number of methoxy groups -OCH3 is 1. The van der Waals surface area contributed by atoms with Gasteiger partial charge in [-0.3, -0.25) is 14.4 Å². The summed E-state index contributed by atoms with van der Waals surface area (Å²) in [6.07, 6.45) is -3.00. The number of amides is 1. The molecule has 1 N–H and O–H groups in total. The van der Waals surface area contributed by atoms with Gasteiger partial charge in [0.05, 0.1) is 5.56 Å². The zero-order valence-corrected chi connectivity index (χ0v) is 17.4. The summed E-state index contributed by atoms with van der Waals surface area (Å²) in [7, 11) is 1.47. The summed E-state index contributed by atoms with van der Waals surface area (Å²) in [4.78, 5) is 36.9. The van der Waals surface area contributed by atoms with Crippen molar-refractivity contribution in [3.63, 3.8) is 0 Å². The van der Waals surface area contributed by atoms with Gasteiger partial charge in [-0.2, -0.15) is 18.4 Å². The lowest BCUT2D eigenvalue weighted by Gasteiger charge is -2.13. The molecular weight excluding hydrogens is 450 g/mol. The highest BCUT2D eigenvalue weighted by atomic mass is 19.4. The average Bonchev–Trinajstić information content (AvgIpc) is 2.77. The van der Waals surface area contributed by atoms with Crippen LogP contribution in [0.15, 0.2) is 35.3 Å². The molecule has 0 atom stereocenters. The SMILES string of the molecule is COCCCn1cc(C(=O)c2cc(F)ccc2OCC(=O)NCC(F)(F)F)cc(C#N)c1=O. The molecule has 0 aliphatic rings. The molecule has 0 unspecified atom stereocenters. The van der Waals surface area contributed by atoms with E-state index in [1.165, 1.54) is 13.3 Å². The molecule has 8 nitrogen and oxygen atoms in total. The summed E-state index contributed by atoms with van der Waals surface area (Å²) in [6, 6.07) is 5.54. The number of carbonyl (C=O) groups excluding carboxylic acids is 2. The summed E-state index contributed by atoms with van der Waals surface area (Å²) in [6.45, 7) is -1.95. The highest BCUT2D eigenvalue weighted by Crippen LogP contribution is 2.23. The van der Waals surface area contributed by atoms with Crippen LogP contribution in [0.2, 0.25) is 0 Å². The Balaban J connectivity index is 2.31. The van der Waals surface area contributed by atoms with Gasteiger partial charge in [-0.25, -0.2) is 4.39 Å². The van der Waals surface area contributed by atoms with Gasteiger partial charge in [-0.05, 0) is 30.7 Å². The van der Waals surface area contributed by atoms with Crippen molar-refractivity contribution in [1.82, 2.24) is 9.88 Å². The maximum Gasteiger partial charge on any atom is 0.405 e. The van der Waals surface area contributed by atoms with E-state index in [4.69, 9.17) is 9.47 Å². The molecule has 1 amide bonds. The fourth-order valence-electron chi connectivity index (χ4n) is 2.74. The van der Waals surface area contributed by atoms with Crippen LogP contribution in [0.25, 0.3) is 0 Å². The lowest BCUT2D eigenvalue weighted by atomic mass is 10.0. The number of halogens is 4. The van der Waals surface area contributed by atoms with Gasteiger partial charge in [0.2, 0.25) is 0 Å². The Labute approximate surface area is 185 Å². The Bertz CT molecular complexity index is 1120. The van der Waals surface area contributed by atoms with Crippen LogP contribution in [0, 0.1) is 17.1 Å². The van der Waals surface area contributed by atoms with Gasteiger partial charge in [-0.15, -0.1) is 0 Å². The van der Waals surface area contributed by atoms with E-state index in [-0.39, 0.29) is 29.0 Å². The van der Waals surface area contributed by atoms with Gasteiger partial charge >= 0.3 is 6.18 Å². The van der Waals surface area contributed by atoms with E-state index in [1.807, 2.05) is 0 Å². The normalized spacial score (nSPS) is 11.0. The molecule has 0 fully saturated rings. The quantitative estimate of drug-likeness (QED) is 0.325. The molecule has 33 heavy (non-hydrogen) atoms. The van der Waals surface area contributed by atoms with Crippen LogP contribution in [0.1, 0.15) is 27.9 Å². The van der Waals surface area contributed by atoms with Gasteiger partial charge in [0.25, 0.3) is 11.5 Å². The monoisotopic (exact) mass is 469 g/mol. The van der Waals surface area contributed by atoms with Crippen molar-refractivity contribution in [3.05, 3.63) is 63.3 Å². The summed E-state index contributed by atoms with van der Waals surface area (Å²) in [5.74, 6) is -3.01.